The molecule has 1 fully saturated rings. The van der Waals surface area contributed by atoms with Crippen LogP contribution in [-0.2, 0) is 11.3 Å². The van der Waals surface area contributed by atoms with Crippen LogP contribution in [0.2, 0.25) is 0 Å². The maximum atomic E-state index is 12.7. The molecule has 3 aromatic rings. The summed E-state index contributed by atoms with van der Waals surface area (Å²) in [5.41, 5.74) is 1.14. The molecule has 2 aromatic heterocycles. The minimum absolute atomic E-state index is 0.0273. The van der Waals surface area contributed by atoms with Gasteiger partial charge in [-0.25, -0.2) is 4.98 Å². The lowest BCUT2D eigenvalue weighted by molar-refractivity contribution is -0.134. The lowest BCUT2D eigenvalue weighted by atomic mass is 10.1. The lowest BCUT2D eigenvalue weighted by Gasteiger charge is -2.38. The number of nitrogens with zero attached hydrogens (tertiary/aromatic N) is 4. The van der Waals surface area contributed by atoms with Crippen LogP contribution in [0.1, 0.15) is 18.5 Å². The van der Waals surface area contributed by atoms with E-state index in [4.69, 9.17) is 0 Å². The molecule has 0 bridgehead atoms. The van der Waals surface area contributed by atoms with Crippen LogP contribution in [0.25, 0.3) is 10.2 Å². The van der Waals surface area contributed by atoms with E-state index in [9.17, 15) is 9.59 Å². The molecule has 1 atom stereocenters. The summed E-state index contributed by atoms with van der Waals surface area (Å²) in [7, 11) is 0. The Bertz CT molecular complexity index is 990. The molecule has 140 valence electrons. The Morgan fingerprint density at radius 1 is 1.15 bits per heavy atom. The highest BCUT2D eigenvalue weighted by Crippen LogP contribution is 2.21. The van der Waals surface area contributed by atoms with Crippen molar-refractivity contribution in [2.45, 2.75) is 19.5 Å². The number of hydrogen-bond donors (Lipinski definition) is 0. The second-order valence-corrected chi connectivity index (χ2v) is 7.72. The molecule has 0 spiro atoms. The Hall–Kier alpha value is -2.51. The Labute approximate surface area is 161 Å². The predicted octanol–water partition coefficient (Wildman–Crippen LogP) is 2.36. The van der Waals surface area contributed by atoms with Gasteiger partial charge in [-0.15, -0.1) is 11.3 Å². The lowest BCUT2D eigenvalue weighted by Crippen LogP contribution is -2.50. The molecule has 1 aliphatic heterocycles. The normalized spacial score (nSPS) is 16.6. The first-order valence-corrected chi connectivity index (χ1v) is 10.0. The summed E-state index contributed by atoms with van der Waals surface area (Å²) in [5, 5.41) is 2.43. The first kappa shape index (κ1) is 17.9. The van der Waals surface area contributed by atoms with E-state index in [1.165, 1.54) is 27.8 Å². The summed E-state index contributed by atoms with van der Waals surface area (Å²) >= 11 is 1.43. The summed E-state index contributed by atoms with van der Waals surface area (Å²) in [6, 6.07) is 12.5. The van der Waals surface area contributed by atoms with Crippen LogP contribution in [0, 0.1) is 0 Å². The third kappa shape index (κ3) is 3.65. The zero-order valence-electron chi connectivity index (χ0n) is 15.2. The molecule has 1 amide bonds. The molecular weight excluding hydrogens is 360 g/mol. The maximum Gasteiger partial charge on any atom is 0.262 e. The first-order chi connectivity index (χ1) is 13.1. The van der Waals surface area contributed by atoms with E-state index in [0.717, 1.165) is 13.1 Å². The Balaban J connectivity index is 1.38. The van der Waals surface area contributed by atoms with E-state index in [1.54, 1.807) is 6.07 Å². The summed E-state index contributed by atoms with van der Waals surface area (Å²) in [6.07, 6.45) is 1.48. The average Bonchev–Trinajstić information content (AvgIpc) is 3.20. The number of aromatic nitrogens is 2. The van der Waals surface area contributed by atoms with Crippen molar-refractivity contribution in [3.8, 4) is 0 Å². The second-order valence-electron chi connectivity index (χ2n) is 6.82. The summed E-state index contributed by atoms with van der Waals surface area (Å²) in [4.78, 5) is 34.3. The van der Waals surface area contributed by atoms with Crippen LogP contribution in [0.3, 0.4) is 0 Å². The number of piperazine rings is 1. The van der Waals surface area contributed by atoms with Gasteiger partial charge in [0.1, 0.15) is 11.4 Å². The minimum Gasteiger partial charge on any atom is -0.339 e. The molecule has 1 aliphatic rings. The van der Waals surface area contributed by atoms with Gasteiger partial charge < -0.3 is 4.90 Å². The minimum atomic E-state index is -0.147. The van der Waals surface area contributed by atoms with Crippen LogP contribution in [0.4, 0.5) is 0 Å². The number of carbonyl (C=O) groups is 1. The number of rotatable bonds is 4. The largest absolute Gasteiger partial charge is 0.339 e. The third-order valence-electron chi connectivity index (χ3n) is 5.25. The molecule has 27 heavy (non-hydrogen) atoms. The Morgan fingerprint density at radius 3 is 2.63 bits per heavy atom. The fourth-order valence-electron chi connectivity index (χ4n) is 3.55. The van der Waals surface area contributed by atoms with Crippen molar-refractivity contribution < 1.29 is 4.79 Å². The highest BCUT2D eigenvalue weighted by molar-refractivity contribution is 7.16. The van der Waals surface area contributed by atoms with Crippen molar-refractivity contribution in [2.75, 3.05) is 26.2 Å². The van der Waals surface area contributed by atoms with Crippen molar-refractivity contribution in [3.63, 3.8) is 0 Å². The fraction of sp³-hybridized carbons (Fsp3) is 0.350. The zero-order chi connectivity index (χ0) is 18.8. The molecule has 3 heterocycles. The molecule has 0 radical (unpaired) electrons. The van der Waals surface area contributed by atoms with Gasteiger partial charge in [-0.2, -0.15) is 0 Å². The molecule has 0 N–H and O–H groups in total. The van der Waals surface area contributed by atoms with Crippen molar-refractivity contribution in [1.82, 2.24) is 19.4 Å². The van der Waals surface area contributed by atoms with Crippen molar-refractivity contribution in [2.24, 2.45) is 0 Å². The number of benzene rings is 1. The van der Waals surface area contributed by atoms with E-state index in [2.05, 4.69) is 41.1 Å². The summed E-state index contributed by atoms with van der Waals surface area (Å²) < 4.78 is 1.41. The zero-order valence-corrected chi connectivity index (χ0v) is 16.1. The number of carbonyl (C=O) groups excluding carboxylic acids is 1. The summed E-state index contributed by atoms with van der Waals surface area (Å²) in [6.45, 7) is 5.27. The molecular formula is C20H22N4O2S. The van der Waals surface area contributed by atoms with Crippen molar-refractivity contribution in [3.05, 3.63) is 64.0 Å². The third-order valence-corrected chi connectivity index (χ3v) is 6.07. The van der Waals surface area contributed by atoms with Crippen LogP contribution < -0.4 is 5.56 Å². The topological polar surface area (TPSA) is 58.4 Å². The predicted molar refractivity (Wildman–Crippen MR) is 107 cm³/mol. The van der Waals surface area contributed by atoms with Gasteiger partial charge in [0.15, 0.2) is 0 Å². The van der Waals surface area contributed by atoms with E-state index >= 15 is 0 Å². The van der Waals surface area contributed by atoms with E-state index < -0.39 is 0 Å². The molecule has 0 unspecified atom stereocenters. The number of thiophene rings is 1. The smallest absolute Gasteiger partial charge is 0.262 e. The van der Waals surface area contributed by atoms with E-state index in [0.29, 0.717) is 29.3 Å². The van der Waals surface area contributed by atoms with E-state index in [-0.39, 0.29) is 18.0 Å². The molecule has 0 saturated carbocycles. The van der Waals surface area contributed by atoms with Crippen molar-refractivity contribution in [1.29, 1.82) is 0 Å². The van der Waals surface area contributed by atoms with Crippen LogP contribution in [-0.4, -0.2) is 51.4 Å². The number of amides is 1. The van der Waals surface area contributed by atoms with Crippen molar-refractivity contribution >= 4 is 27.5 Å². The monoisotopic (exact) mass is 382 g/mol. The van der Waals surface area contributed by atoms with Crippen LogP contribution in [0.5, 0.6) is 0 Å². The van der Waals surface area contributed by atoms with Gasteiger partial charge in [0.25, 0.3) is 5.56 Å². The molecule has 6 nitrogen and oxygen atoms in total. The Kier molecular flexibility index (Phi) is 5.05. The SMILES string of the molecule is C[C@H](c1ccccc1)N1CCN(C(=O)Cn2cnc3sccc3c2=O)CC1. The average molecular weight is 382 g/mol. The van der Waals surface area contributed by atoms with Gasteiger partial charge in [0, 0.05) is 32.2 Å². The number of hydrogen-bond acceptors (Lipinski definition) is 5. The standard InChI is InChI=1S/C20H22N4O2S/c1-15(16-5-3-2-4-6-16)22-8-10-23(11-9-22)18(25)13-24-14-21-19-17(20(24)26)7-12-27-19/h2-7,12,14-15H,8-11,13H2,1H3/t15-/m1/s1. The Morgan fingerprint density at radius 2 is 1.89 bits per heavy atom. The highest BCUT2D eigenvalue weighted by atomic mass is 32.1. The molecule has 0 aliphatic carbocycles. The molecule has 7 heteroatoms. The second kappa shape index (κ2) is 7.62. The van der Waals surface area contributed by atoms with Gasteiger partial charge in [-0.1, -0.05) is 30.3 Å². The van der Waals surface area contributed by atoms with Gasteiger partial charge in [0.05, 0.1) is 11.7 Å². The van der Waals surface area contributed by atoms with Gasteiger partial charge in [-0.05, 0) is 23.9 Å². The van der Waals surface area contributed by atoms with E-state index in [1.807, 2.05) is 16.3 Å². The van der Waals surface area contributed by atoms with Crippen LogP contribution >= 0.6 is 11.3 Å². The summed E-state index contributed by atoms with van der Waals surface area (Å²) in [5.74, 6) is -0.0273. The molecule has 1 saturated heterocycles. The molecule has 1 aromatic carbocycles. The molecule has 4 rings (SSSR count). The maximum absolute atomic E-state index is 12.7. The van der Waals surface area contributed by atoms with Gasteiger partial charge >= 0.3 is 0 Å². The van der Waals surface area contributed by atoms with Gasteiger partial charge in [0.2, 0.25) is 5.91 Å². The fourth-order valence-corrected chi connectivity index (χ4v) is 4.28. The first-order valence-electron chi connectivity index (χ1n) is 9.13. The highest BCUT2D eigenvalue weighted by Gasteiger charge is 2.25. The number of fused-ring (bicyclic) bond motifs is 1. The quantitative estimate of drug-likeness (QED) is 0.695. The van der Waals surface area contributed by atoms with Gasteiger partial charge in [-0.3, -0.25) is 19.1 Å². The van der Waals surface area contributed by atoms with Crippen LogP contribution in [0.15, 0.2) is 52.9 Å².